The molecular formula is C19H19ClO. The molecule has 108 valence electrons. The minimum Gasteiger partial charge on any atom is -0.495 e. The second-order valence-electron chi connectivity index (χ2n) is 6.51. The Hall–Kier alpha value is -1.47. The molecule has 4 rings (SSSR count). The lowest BCUT2D eigenvalue weighted by molar-refractivity contribution is 0.415. The summed E-state index contributed by atoms with van der Waals surface area (Å²) in [7, 11) is 1.66. The summed E-state index contributed by atoms with van der Waals surface area (Å²) < 4.78 is 5.32. The molecule has 0 aromatic heterocycles. The van der Waals surface area contributed by atoms with Crippen LogP contribution in [0.25, 0.3) is 11.1 Å². The van der Waals surface area contributed by atoms with E-state index in [4.69, 9.17) is 16.3 Å². The maximum atomic E-state index is 6.11. The number of aryl methyl sites for hydroxylation is 1. The van der Waals surface area contributed by atoms with Gasteiger partial charge in [0.05, 0.1) is 12.1 Å². The van der Waals surface area contributed by atoms with Gasteiger partial charge in [-0.05, 0) is 71.9 Å². The van der Waals surface area contributed by atoms with Crippen LogP contribution in [0.5, 0.6) is 5.75 Å². The van der Waals surface area contributed by atoms with Gasteiger partial charge < -0.3 is 4.74 Å². The van der Waals surface area contributed by atoms with Crippen molar-refractivity contribution in [2.75, 3.05) is 7.11 Å². The van der Waals surface area contributed by atoms with Crippen molar-refractivity contribution in [2.45, 2.75) is 32.1 Å². The Morgan fingerprint density at radius 1 is 0.952 bits per heavy atom. The van der Waals surface area contributed by atoms with E-state index in [1.54, 1.807) is 12.7 Å². The van der Waals surface area contributed by atoms with Crippen LogP contribution in [0.4, 0.5) is 0 Å². The molecule has 0 aliphatic heterocycles. The molecular weight excluding hydrogens is 280 g/mol. The van der Waals surface area contributed by atoms with Gasteiger partial charge in [0.2, 0.25) is 0 Å². The highest BCUT2D eigenvalue weighted by Gasteiger charge is 2.44. The quantitative estimate of drug-likeness (QED) is 0.732. The van der Waals surface area contributed by atoms with Crippen molar-refractivity contribution in [3.63, 3.8) is 0 Å². The lowest BCUT2D eigenvalue weighted by Gasteiger charge is -2.24. The smallest absolute Gasteiger partial charge is 0.138 e. The Labute approximate surface area is 130 Å². The predicted molar refractivity (Wildman–Crippen MR) is 87.1 cm³/mol. The number of hydrogen-bond donors (Lipinski definition) is 0. The number of benzene rings is 2. The zero-order valence-electron chi connectivity index (χ0n) is 12.3. The summed E-state index contributed by atoms with van der Waals surface area (Å²) in [6.45, 7) is 0. The molecule has 1 fully saturated rings. The number of fused-ring (bicyclic) bond motifs is 1. The molecule has 0 N–H and O–H groups in total. The van der Waals surface area contributed by atoms with Gasteiger partial charge in [-0.2, -0.15) is 0 Å². The molecule has 2 heteroatoms. The number of ether oxygens (including phenoxy) is 1. The predicted octanol–water partition coefficient (Wildman–Crippen LogP) is 5.28. The average molecular weight is 299 g/mol. The van der Waals surface area contributed by atoms with E-state index >= 15 is 0 Å². The zero-order chi connectivity index (χ0) is 14.4. The Balaban J connectivity index is 1.70. The molecule has 0 bridgehead atoms. The molecule has 1 nitrogen and oxygen atoms in total. The first kappa shape index (κ1) is 13.2. The standard InChI is InChI=1S/C19H19ClO/c1-21-18-11-14(4-5-17(18)20)13-2-3-16-12-19(8-9-19)7-6-15(16)10-13/h2-5,10-11H,6-9,12H2,1H3. The molecule has 0 unspecified atom stereocenters. The largest absolute Gasteiger partial charge is 0.495 e. The minimum atomic E-state index is 0.662. The van der Waals surface area contributed by atoms with Crippen molar-refractivity contribution in [1.29, 1.82) is 0 Å². The number of hydrogen-bond acceptors (Lipinski definition) is 1. The van der Waals surface area contributed by atoms with E-state index in [0.717, 1.165) is 5.75 Å². The molecule has 0 saturated heterocycles. The maximum absolute atomic E-state index is 6.11. The van der Waals surface area contributed by atoms with Gasteiger partial charge in [-0.15, -0.1) is 0 Å². The molecule has 0 atom stereocenters. The van der Waals surface area contributed by atoms with Crippen molar-refractivity contribution >= 4 is 11.6 Å². The highest BCUT2D eigenvalue weighted by atomic mass is 35.5. The highest BCUT2D eigenvalue weighted by Crippen LogP contribution is 2.54. The van der Waals surface area contributed by atoms with Crippen molar-refractivity contribution in [3.8, 4) is 16.9 Å². The van der Waals surface area contributed by atoms with Crippen molar-refractivity contribution in [1.82, 2.24) is 0 Å². The van der Waals surface area contributed by atoms with Gasteiger partial charge in [0.25, 0.3) is 0 Å². The van der Waals surface area contributed by atoms with Crippen LogP contribution in [-0.4, -0.2) is 7.11 Å². The number of methoxy groups -OCH3 is 1. The summed E-state index contributed by atoms with van der Waals surface area (Å²) >= 11 is 6.11. The summed E-state index contributed by atoms with van der Waals surface area (Å²) in [4.78, 5) is 0. The molecule has 2 aliphatic rings. The third-order valence-electron chi connectivity index (χ3n) is 5.14. The van der Waals surface area contributed by atoms with Gasteiger partial charge in [-0.3, -0.25) is 0 Å². The molecule has 2 aliphatic carbocycles. The van der Waals surface area contributed by atoms with Crippen LogP contribution < -0.4 is 4.74 Å². The molecule has 0 radical (unpaired) electrons. The fourth-order valence-electron chi connectivity index (χ4n) is 3.55. The van der Waals surface area contributed by atoms with Gasteiger partial charge in [0.1, 0.15) is 5.75 Å². The average Bonchev–Trinajstić information content (AvgIpc) is 3.26. The lowest BCUT2D eigenvalue weighted by atomic mass is 9.80. The normalized spacial score (nSPS) is 18.4. The van der Waals surface area contributed by atoms with E-state index in [9.17, 15) is 0 Å². The van der Waals surface area contributed by atoms with Crippen LogP contribution in [0.3, 0.4) is 0 Å². The second kappa shape index (κ2) is 4.78. The summed E-state index contributed by atoms with van der Waals surface area (Å²) in [6, 6.07) is 12.9. The number of rotatable bonds is 2. The minimum absolute atomic E-state index is 0.662. The first-order valence-electron chi connectivity index (χ1n) is 7.65. The lowest BCUT2D eigenvalue weighted by Crippen LogP contribution is -2.14. The molecule has 21 heavy (non-hydrogen) atoms. The molecule has 1 saturated carbocycles. The monoisotopic (exact) mass is 298 g/mol. The number of halogens is 1. The van der Waals surface area contributed by atoms with Gasteiger partial charge in [0, 0.05) is 0 Å². The van der Waals surface area contributed by atoms with E-state index in [-0.39, 0.29) is 0 Å². The van der Waals surface area contributed by atoms with Gasteiger partial charge in [0.15, 0.2) is 0 Å². The summed E-state index contributed by atoms with van der Waals surface area (Å²) in [5, 5.41) is 0.662. The third kappa shape index (κ3) is 2.34. The second-order valence-corrected chi connectivity index (χ2v) is 6.92. The summed E-state index contributed by atoms with van der Waals surface area (Å²) in [6.07, 6.45) is 6.75. The van der Waals surface area contributed by atoms with Crippen LogP contribution in [0.15, 0.2) is 36.4 Å². The Morgan fingerprint density at radius 2 is 1.71 bits per heavy atom. The molecule has 2 aromatic rings. The molecule has 2 aromatic carbocycles. The third-order valence-corrected chi connectivity index (χ3v) is 5.45. The van der Waals surface area contributed by atoms with E-state index in [1.165, 1.54) is 48.8 Å². The van der Waals surface area contributed by atoms with Crippen molar-refractivity contribution in [3.05, 3.63) is 52.5 Å². The van der Waals surface area contributed by atoms with E-state index in [0.29, 0.717) is 10.4 Å². The van der Waals surface area contributed by atoms with E-state index in [1.807, 2.05) is 12.1 Å². The van der Waals surface area contributed by atoms with Crippen LogP contribution >= 0.6 is 11.6 Å². The van der Waals surface area contributed by atoms with Gasteiger partial charge in [-0.25, -0.2) is 0 Å². The van der Waals surface area contributed by atoms with E-state index < -0.39 is 0 Å². The zero-order valence-corrected chi connectivity index (χ0v) is 13.0. The Kier molecular flexibility index (Phi) is 3.00. The highest BCUT2D eigenvalue weighted by molar-refractivity contribution is 6.32. The van der Waals surface area contributed by atoms with Crippen molar-refractivity contribution in [2.24, 2.45) is 5.41 Å². The SMILES string of the molecule is COc1cc(-c2ccc3c(c2)CCC2(CC2)C3)ccc1Cl. The van der Waals surface area contributed by atoms with Gasteiger partial charge >= 0.3 is 0 Å². The van der Waals surface area contributed by atoms with Crippen molar-refractivity contribution < 1.29 is 4.74 Å². The van der Waals surface area contributed by atoms with E-state index in [2.05, 4.69) is 24.3 Å². The Bertz CT molecular complexity index is 701. The van der Waals surface area contributed by atoms with Crippen LogP contribution in [0.2, 0.25) is 5.02 Å². The first-order valence-corrected chi connectivity index (χ1v) is 8.03. The summed E-state index contributed by atoms with van der Waals surface area (Å²) in [5.74, 6) is 0.740. The fraction of sp³-hybridized carbons (Fsp3) is 0.368. The molecule has 0 heterocycles. The van der Waals surface area contributed by atoms with Gasteiger partial charge in [-0.1, -0.05) is 35.9 Å². The molecule has 0 amide bonds. The van der Waals surface area contributed by atoms with Crippen LogP contribution in [-0.2, 0) is 12.8 Å². The first-order chi connectivity index (χ1) is 10.2. The summed E-state index contributed by atoms with van der Waals surface area (Å²) in [5.41, 5.74) is 6.20. The topological polar surface area (TPSA) is 9.23 Å². The van der Waals surface area contributed by atoms with Crippen LogP contribution in [0, 0.1) is 5.41 Å². The Morgan fingerprint density at radius 3 is 2.48 bits per heavy atom. The van der Waals surface area contributed by atoms with Crippen LogP contribution in [0.1, 0.15) is 30.4 Å². The fourth-order valence-corrected chi connectivity index (χ4v) is 3.74. The maximum Gasteiger partial charge on any atom is 0.138 e. The molecule has 1 spiro atoms.